The summed E-state index contributed by atoms with van der Waals surface area (Å²) in [6, 6.07) is 0. The number of carbonyl (C=O) groups excluding carboxylic acids is 3. The van der Waals surface area contributed by atoms with Gasteiger partial charge in [0.25, 0.3) is 0 Å². The number of unbranched alkanes of at least 4 members (excludes halogenated alkanes) is 12. The molecular weight excluding hydrogens is 456 g/mol. The van der Waals surface area contributed by atoms with Gasteiger partial charge in [-0.3, -0.25) is 14.4 Å². The molecule has 36 heavy (non-hydrogen) atoms. The Morgan fingerprint density at radius 3 is 1.28 bits per heavy atom. The predicted octanol–water partition coefficient (Wildman–Crippen LogP) is 7.95. The minimum absolute atomic E-state index is 0.139. The average Bonchev–Trinajstić information content (AvgIpc) is 2.87. The Balaban J connectivity index is 4.98. The van der Waals surface area contributed by atoms with E-state index in [4.69, 9.17) is 14.2 Å². The maximum absolute atomic E-state index is 13.0. The second-order valence-corrected chi connectivity index (χ2v) is 10.0. The van der Waals surface area contributed by atoms with Crippen LogP contribution in [0.15, 0.2) is 0 Å². The highest BCUT2D eigenvalue weighted by Gasteiger charge is 2.37. The summed E-state index contributed by atoms with van der Waals surface area (Å²) in [6.45, 7) is 9.47. The molecule has 0 fully saturated rings. The topological polar surface area (TPSA) is 78.9 Å². The highest BCUT2D eigenvalue weighted by molar-refractivity contribution is 5.86. The van der Waals surface area contributed by atoms with E-state index in [2.05, 4.69) is 20.8 Å². The molecule has 0 aliphatic carbocycles. The number of esters is 3. The first-order valence-electron chi connectivity index (χ1n) is 15.0. The van der Waals surface area contributed by atoms with Gasteiger partial charge in [0.2, 0.25) is 0 Å². The Bertz CT molecular complexity index is 548. The molecule has 2 atom stereocenters. The lowest BCUT2D eigenvalue weighted by molar-refractivity contribution is -0.165. The van der Waals surface area contributed by atoms with E-state index in [1.165, 1.54) is 19.3 Å². The summed E-state index contributed by atoms with van der Waals surface area (Å²) >= 11 is 0. The first-order chi connectivity index (χ1) is 17.5. The fourth-order valence-electron chi connectivity index (χ4n) is 4.29. The molecule has 2 unspecified atom stereocenters. The molecule has 0 N–H and O–H groups in total. The van der Waals surface area contributed by atoms with Crippen molar-refractivity contribution in [2.45, 2.75) is 143 Å². The zero-order valence-corrected chi connectivity index (χ0v) is 24.0. The molecule has 0 rings (SSSR count). The van der Waals surface area contributed by atoms with Crippen LogP contribution < -0.4 is 0 Å². The maximum atomic E-state index is 13.0. The first kappa shape index (κ1) is 34.4. The molecule has 0 aromatic heterocycles. The highest BCUT2D eigenvalue weighted by Crippen LogP contribution is 2.26. The van der Waals surface area contributed by atoms with E-state index in [0.717, 1.165) is 77.0 Å². The summed E-state index contributed by atoms with van der Waals surface area (Å²) in [6.07, 6.45) is 16.9. The van der Waals surface area contributed by atoms with Gasteiger partial charge in [-0.1, -0.05) is 111 Å². The SMILES string of the molecule is CCCCCCCOC(=O)CC(C(=O)OCCCCCCC)C(CCC)C(=O)OCCCCCCC. The summed E-state index contributed by atoms with van der Waals surface area (Å²) in [7, 11) is 0. The van der Waals surface area contributed by atoms with Gasteiger partial charge in [0, 0.05) is 0 Å². The van der Waals surface area contributed by atoms with Gasteiger partial charge in [0.05, 0.1) is 38.1 Å². The van der Waals surface area contributed by atoms with Crippen molar-refractivity contribution >= 4 is 17.9 Å². The van der Waals surface area contributed by atoms with E-state index in [0.29, 0.717) is 32.7 Å². The summed E-state index contributed by atoms with van der Waals surface area (Å²) < 4.78 is 16.5. The number of ether oxygens (including phenoxy) is 3. The Labute approximate surface area is 221 Å². The molecule has 6 nitrogen and oxygen atoms in total. The van der Waals surface area contributed by atoms with Crippen molar-refractivity contribution in [2.24, 2.45) is 11.8 Å². The van der Waals surface area contributed by atoms with E-state index in [-0.39, 0.29) is 6.42 Å². The van der Waals surface area contributed by atoms with Crippen LogP contribution in [0.5, 0.6) is 0 Å². The molecule has 6 heteroatoms. The van der Waals surface area contributed by atoms with Crippen LogP contribution in [0.3, 0.4) is 0 Å². The van der Waals surface area contributed by atoms with Crippen molar-refractivity contribution in [1.82, 2.24) is 0 Å². The van der Waals surface area contributed by atoms with Gasteiger partial charge in [0.1, 0.15) is 0 Å². The lowest BCUT2D eigenvalue weighted by Gasteiger charge is -2.24. The molecule has 0 heterocycles. The molecule has 0 aromatic rings. The third-order valence-electron chi connectivity index (χ3n) is 6.57. The molecule has 212 valence electrons. The van der Waals surface area contributed by atoms with E-state index >= 15 is 0 Å². The van der Waals surface area contributed by atoms with Crippen LogP contribution in [0, 0.1) is 11.8 Å². The fraction of sp³-hybridized carbons (Fsp3) is 0.900. The molecule has 0 spiro atoms. The maximum Gasteiger partial charge on any atom is 0.310 e. The second-order valence-electron chi connectivity index (χ2n) is 10.0. The van der Waals surface area contributed by atoms with Crippen molar-refractivity contribution in [3.05, 3.63) is 0 Å². The van der Waals surface area contributed by atoms with Gasteiger partial charge in [-0.25, -0.2) is 0 Å². The summed E-state index contributed by atoms with van der Waals surface area (Å²) in [4.78, 5) is 38.6. The molecule has 0 radical (unpaired) electrons. The number of hydrogen-bond acceptors (Lipinski definition) is 6. The van der Waals surface area contributed by atoms with Crippen molar-refractivity contribution in [3.8, 4) is 0 Å². The molecule has 0 saturated heterocycles. The molecule has 0 aliphatic rings. The number of hydrogen-bond donors (Lipinski definition) is 0. The highest BCUT2D eigenvalue weighted by atomic mass is 16.5. The normalized spacial score (nSPS) is 12.7. The first-order valence-corrected chi connectivity index (χ1v) is 15.0. The summed E-state index contributed by atoms with van der Waals surface area (Å²) in [5, 5.41) is 0. The monoisotopic (exact) mass is 512 g/mol. The van der Waals surface area contributed by atoms with Gasteiger partial charge < -0.3 is 14.2 Å². The van der Waals surface area contributed by atoms with E-state index in [9.17, 15) is 14.4 Å². The fourth-order valence-corrected chi connectivity index (χ4v) is 4.29. The Morgan fingerprint density at radius 2 is 0.861 bits per heavy atom. The minimum atomic E-state index is -0.860. The molecule has 0 bridgehead atoms. The summed E-state index contributed by atoms with van der Waals surface area (Å²) in [5.74, 6) is -2.87. The van der Waals surface area contributed by atoms with Gasteiger partial charge in [-0.15, -0.1) is 0 Å². The van der Waals surface area contributed by atoms with Crippen LogP contribution in [0.4, 0.5) is 0 Å². The zero-order valence-electron chi connectivity index (χ0n) is 24.0. The van der Waals surface area contributed by atoms with Crippen molar-refractivity contribution in [3.63, 3.8) is 0 Å². The smallest absolute Gasteiger partial charge is 0.310 e. The van der Waals surface area contributed by atoms with Crippen LogP contribution >= 0.6 is 0 Å². The molecule has 0 saturated carbocycles. The van der Waals surface area contributed by atoms with Crippen LogP contribution in [0.1, 0.15) is 143 Å². The number of rotatable bonds is 25. The average molecular weight is 513 g/mol. The van der Waals surface area contributed by atoms with Gasteiger partial charge in [0.15, 0.2) is 0 Å². The van der Waals surface area contributed by atoms with Gasteiger partial charge in [-0.05, 0) is 25.7 Å². The Hall–Kier alpha value is -1.59. The molecule has 0 amide bonds. The van der Waals surface area contributed by atoms with E-state index < -0.39 is 29.7 Å². The molecular formula is C30H56O6. The minimum Gasteiger partial charge on any atom is -0.466 e. The van der Waals surface area contributed by atoms with Crippen LogP contribution in [-0.2, 0) is 28.6 Å². The van der Waals surface area contributed by atoms with Crippen LogP contribution in [0.2, 0.25) is 0 Å². The van der Waals surface area contributed by atoms with Crippen molar-refractivity contribution in [2.75, 3.05) is 19.8 Å². The summed E-state index contributed by atoms with van der Waals surface area (Å²) in [5.41, 5.74) is 0. The zero-order chi connectivity index (χ0) is 26.9. The molecule has 0 aromatic carbocycles. The lowest BCUT2D eigenvalue weighted by atomic mass is 9.86. The van der Waals surface area contributed by atoms with Crippen molar-refractivity contribution in [1.29, 1.82) is 0 Å². The largest absolute Gasteiger partial charge is 0.466 e. The quantitative estimate of drug-likeness (QED) is 0.0701. The van der Waals surface area contributed by atoms with Crippen LogP contribution in [-0.4, -0.2) is 37.7 Å². The standard InChI is InChI=1S/C30H56O6/c1-5-9-12-15-18-22-34-28(31)25-27(30(33)36-24-20-17-14-11-7-3)26(21-8-4)29(32)35-23-19-16-13-10-6-2/h26-27H,5-25H2,1-4H3. The van der Waals surface area contributed by atoms with Crippen LogP contribution in [0.25, 0.3) is 0 Å². The van der Waals surface area contributed by atoms with E-state index in [1.807, 2.05) is 6.92 Å². The van der Waals surface area contributed by atoms with E-state index in [1.54, 1.807) is 0 Å². The third kappa shape index (κ3) is 18.6. The van der Waals surface area contributed by atoms with Crippen molar-refractivity contribution < 1.29 is 28.6 Å². The van der Waals surface area contributed by atoms with Gasteiger partial charge in [-0.2, -0.15) is 0 Å². The number of carbonyl (C=O) groups is 3. The third-order valence-corrected chi connectivity index (χ3v) is 6.57. The Kier molecular flexibility index (Phi) is 24.0. The second kappa shape index (κ2) is 25.1. The van der Waals surface area contributed by atoms with Gasteiger partial charge >= 0.3 is 17.9 Å². The Morgan fingerprint density at radius 1 is 0.472 bits per heavy atom. The predicted molar refractivity (Wildman–Crippen MR) is 146 cm³/mol. The molecule has 0 aliphatic heterocycles. The lowest BCUT2D eigenvalue weighted by Crippen LogP contribution is -2.35.